The summed E-state index contributed by atoms with van der Waals surface area (Å²) < 4.78 is 7.46. The molecule has 0 aliphatic rings. The fourth-order valence-corrected chi connectivity index (χ4v) is 1.72. The smallest absolute Gasteiger partial charge is 0.138 e. The van der Waals surface area contributed by atoms with Crippen LogP contribution in [0.1, 0.15) is 12.7 Å². The summed E-state index contributed by atoms with van der Waals surface area (Å²) in [6.07, 6.45) is 2.23. The van der Waals surface area contributed by atoms with Crippen molar-refractivity contribution < 1.29 is 4.74 Å². The van der Waals surface area contributed by atoms with Crippen LogP contribution in [0.3, 0.4) is 0 Å². The van der Waals surface area contributed by atoms with Gasteiger partial charge in [-0.05, 0) is 19.1 Å². The molecule has 1 atom stereocenters. The summed E-state index contributed by atoms with van der Waals surface area (Å²) in [7, 11) is 0. The van der Waals surface area contributed by atoms with Crippen LogP contribution in [-0.4, -0.2) is 27.4 Å². The van der Waals surface area contributed by atoms with Crippen molar-refractivity contribution in [2.75, 3.05) is 6.61 Å². The first-order valence-electron chi connectivity index (χ1n) is 6.09. The van der Waals surface area contributed by atoms with Gasteiger partial charge in [-0.15, -0.1) is 0 Å². The fraction of sp³-hybridized carbons (Fsp3) is 0.385. The Morgan fingerprint density at radius 1 is 1.33 bits per heavy atom. The zero-order chi connectivity index (χ0) is 12.8. The van der Waals surface area contributed by atoms with E-state index in [1.54, 1.807) is 6.33 Å². The number of ether oxygens (including phenoxy) is 1. The summed E-state index contributed by atoms with van der Waals surface area (Å²) in [4.78, 5) is 4.20. The van der Waals surface area contributed by atoms with Crippen molar-refractivity contribution in [3.8, 4) is 5.75 Å². The number of nitrogens with zero attached hydrogens (tertiary/aromatic N) is 3. The molecule has 0 radical (unpaired) electrons. The van der Waals surface area contributed by atoms with Gasteiger partial charge in [0.25, 0.3) is 0 Å². The average molecular weight is 246 g/mol. The molecule has 1 aromatic heterocycles. The molecule has 5 heteroatoms. The maximum atomic E-state index is 6.03. The zero-order valence-electron chi connectivity index (χ0n) is 10.5. The second kappa shape index (κ2) is 6.16. The Morgan fingerprint density at radius 2 is 2.11 bits per heavy atom. The highest BCUT2D eigenvalue weighted by atomic mass is 16.5. The lowest BCUT2D eigenvalue weighted by atomic mass is 10.2. The molecule has 2 aromatic rings. The summed E-state index contributed by atoms with van der Waals surface area (Å²) in [6.45, 7) is 3.31. The lowest BCUT2D eigenvalue weighted by molar-refractivity contribution is 0.285. The molecule has 0 saturated carbocycles. The Kier molecular flexibility index (Phi) is 4.30. The van der Waals surface area contributed by atoms with Gasteiger partial charge in [0, 0.05) is 19.0 Å². The molecule has 0 saturated heterocycles. The fourth-order valence-electron chi connectivity index (χ4n) is 1.72. The maximum absolute atomic E-state index is 6.03. The van der Waals surface area contributed by atoms with Gasteiger partial charge in [-0.2, -0.15) is 5.10 Å². The number of rotatable bonds is 6. The van der Waals surface area contributed by atoms with Crippen molar-refractivity contribution in [3.05, 3.63) is 42.5 Å². The summed E-state index contributed by atoms with van der Waals surface area (Å²) in [5.74, 6) is 1.74. The number of aromatic nitrogens is 3. The van der Waals surface area contributed by atoms with Gasteiger partial charge in [0.15, 0.2) is 0 Å². The number of benzene rings is 1. The molecule has 96 valence electrons. The lowest BCUT2D eigenvalue weighted by Gasteiger charge is -2.13. The Labute approximate surface area is 107 Å². The Morgan fingerprint density at radius 3 is 2.83 bits per heavy atom. The van der Waals surface area contributed by atoms with Crippen LogP contribution in [0, 0.1) is 0 Å². The minimum Gasteiger partial charge on any atom is -0.492 e. The molecule has 0 bridgehead atoms. The molecule has 0 aliphatic heterocycles. The van der Waals surface area contributed by atoms with E-state index in [1.165, 1.54) is 0 Å². The SMILES string of the molecule is CCn1ncnc1CC(N)COc1ccccc1. The van der Waals surface area contributed by atoms with E-state index in [9.17, 15) is 0 Å². The number of para-hydroxylation sites is 1. The van der Waals surface area contributed by atoms with Gasteiger partial charge in [0.2, 0.25) is 0 Å². The quantitative estimate of drug-likeness (QED) is 0.833. The Bertz CT molecular complexity index is 469. The van der Waals surface area contributed by atoms with E-state index < -0.39 is 0 Å². The molecule has 1 heterocycles. The van der Waals surface area contributed by atoms with Gasteiger partial charge in [-0.3, -0.25) is 4.68 Å². The van der Waals surface area contributed by atoms with Crippen LogP contribution in [0.2, 0.25) is 0 Å². The molecule has 0 spiro atoms. The van der Waals surface area contributed by atoms with Crippen LogP contribution in [0.25, 0.3) is 0 Å². The second-order valence-corrected chi connectivity index (χ2v) is 4.08. The van der Waals surface area contributed by atoms with Crippen molar-refractivity contribution in [2.24, 2.45) is 5.73 Å². The standard InChI is InChI=1S/C13H18N4O/c1-2-17-13(15-10-16-17)8-11(14)9-18-12-6-4-3-5-7-12/h3-7,10-11H,2,8-9,14H2,1H3. The molecule has 2 rings (SSSR count). The van der Waals surface area contributed by atoms with Gasteiger partial charge < -0.3 is 10.5 Å². The molecular formula is C13H18N4O. The third-order valence-corrected chi connectivity index (χ3v) is 2.65. The van der Waals surface area contributed by atoms with Crippen LogP contribution in [0.4, 0.5) is 0 Å². The minimum absolute atomic E-state index is 0.0836. The van der Waals surface area contributed by atoms with Crippen molar-refractivity contribution in [2.45, 2.75) is 25.9 Å². The maximum Gasteiger partial charge on any atom is 0.138 e. The van der Waals surface area contributed by atoms with E-state index in [0.717, 1.165) is 18.1 Å². The lowest BCUT2D eigenvalue weighted by Crippen LogP contribution is -2.31. The minimum atomic E-state index is -0.0836. The molecule has 0 aliphatic carbocycles. The van der Waals surface area contributed by atoms with Crippen LogP contribution in [-0.2, 0) is 13.0 Å². The van der Waals surface area contributed by atoms with Gasteiger partial charge in [-0.25, -0.2) is 4.98 Å². The van der Waals surface area contributed by atoms with E-state index >= 15 is 0 Å². The van der Waals surface area contributed by atoms with Gasteiger partial charge in [0.1, 0.15) is 24.5 Å². The third kappa shape index (κ3) is 3.30. The van der Waals surface area contributed by atoms with Gasteiger partial charge in [-0.1, -0.05) is 18.2 Å². The first kappa shape index (κ1) is 12.6. The molecule has 5 nitrogen and oxygen atoms in total. The highest BCUT2D eigenvalue weighted by Gasteiger charge is 2.10. The van der Waals surface area contributed by atoms with Crippen molar-refractivity contribution >= 4 is 0 Å². The molecule has 1 unspecified atom stereocenters. The molecule has 1 aromatic carbocycles. The molecule has 0 fully saturated rings. The van der Waals surface area contributed by atoms with Crippen molar-refractivity contribution in [1.82, 2.24) is 14.8 Å². The summed E-state index contributed by atoms with van der Waals surface area (Å²) in [5.41, 5.74) is 6.03. The number of nitrogens with two attached hydrogens (primary N) is 1. The summed E-state index contributed by atoms with van der Waals surface area (Å²) >= 11 is 0. The normalized spacial score (nSPS) is 12.3. The number of hydrogen-bond acceptors (Lipinski definition) is 4. The van der Waals surface area contributed by atoms with Crippen LogP contribution >= 0.6 is 0 Å². The van der Waals surface area contributed by atoms with Crippen LogP contribution < -0.4 is 10.5 Å². The Balaban J connectivity index is 1.84. The Hall–Kier alpha value is -1.88. The van der Waals surface area contributed by atoms with E-state index in [2.05, 4.69) is 10.1 Å². The van der Waals surface area contributed by atoms with Gasteiger partial charge >= 0.3 is 0 Å². The van der Waals surface area contributed by atoms with Gasteiger partial charge in [0.05, 0.1) is 0 Å². The highest BCUT2D eigenvalue weighted by Crippen LogP contribution is 2.09. The second-order valence-electron chi connectivity index (χ2n) is 4.08. The molecule has 18 heavy (non-hydrogen) atoms. The number of aryl methyl sites for hydroxylation is 1. The summed E-state index contributed by atoms with van der Waals surface area (Å²) in [6, 6.07) is 9.59. The monoisotopic (exact) mass is 246 g/mol. The largest absolute Gasteiger partial charge is 0.492 e. The third-order valence-electron chi connectivity index (χ3n) is 2.65. The number of hydrogen-bond donors (Lipinski definition) is 1. The van der Waals surface area contributed by atoms with Crippen LogP contribution in [0.15, 0.2) is 36.7 Å². The zero-order valence-corrected chi connectivity index (χ0v) is 10.5. The highest BCUT2D eigenvalue weighted by molar-refractivity contribution is 5.20. The first-order valence-corrected chi connectivity index (χ1v) is 6.09. The predicted molar refractivity (Wildman–Crippen MR) is 69.3 cm³/mol. The average Bonchev–Trinajstić information content (AvgIpc) is 2.85. The van der Waals surface area contributed by atoms with E-state index in [-0.39, 0.29) is 6.04 Å². The first-order chi connectivity index (χ1) is 8.79. The molecular weight excluding hydrogens is 228 g/mol. The molecule has 0 amide bonds. The van der Waals surface area contributed by atoms with E-state index in [1.807, 2.05) is 41.9 Å². The van der Waals surface area contributed by atoms with Crippen molar-refractivity contribution in [3.63, 3.8) is 0 Å². The summed E-state index contributed by atoms with van der Waals surface area (Å²) in [5, 5.41) is 4.12. The topological polar surface area (TPSA) is 66.0 Å². The molecule has 2 N–H and O–H groups in total. The van der Waals surface area contributed by atoms with E-state index in [4.69, 9.17) is 10.5 Å². The van der Waals surface area contributed by atoms with Crippen molar-refractivity contribution in [1.29, 1.82) is 0 Å². The van der Waals surface area contributed by atoms with Crippen LogP contribution in [0.5, 0.6) is 5.75 Å². The predicted octanol–water partition coefficient (Wildman–Crippen LogP) is 1.25. The van der Waals surface area contributed by atoms with E-state index in [0.29, 0.717) is 13.0 Å².